The van der Waals surface area contributed by atoms with E-state index in [0.29, 0.717) is 5.69 Å². The lowest BCUT2D eigenvalue weighted by atomic mass is 10.1. The standard InChI is InChI=1S/C16H16N2O3S/c19-11-13-6-8-14(9-7-13)18(22)16(21)17-15(20)10-12-4-2-1-3-5-12/h1-9,19,22H,10-11H2,(H,17,20,21). The number of hydrogen-bond acceptors (Lipinski definition) is 4. The Labute approximate surface area is 134 Å². The molecule has 2 aromatic carbocycles. The first-order chi connectivity index (χ1) is 10.6. The van der Waals surface area contributed by atoms with Gasteiger partial charge in [-0.2, -0.15) is 0 Å². The minimum absolute atomic E-state index is 0.0748. The Balaban J connectivity index is 1.94. The van der Waals surface area contributed by atoms with Gasteiger partial charge in [-0.1, -0.05) is 55.3 Å². The number of urea groups is 1. The molecule has 6 heteroatoms. The van der Waals surface area contributed by atoms with E-state index >= 15 is 0 Å². The summed E-state index contributed by atoms with van der Waals surface area (Å²) >= 11 is 4.09. The molecule has 0 aromatic heterocycles. The second-order valence-corrected chi connectivity index (χ2v) is 5.05. The van der Waals surface area contributed by atoms with Gasteiger partial charge in [-0.15, -0.1) is 0 Å². The number of anilines is 1. The minimum atomic E-state index is -0.624. The average Bonchev–Trinajstić information content (AvgIpc) is 2.55. The Kier molecular flexibility index (Phi) is 5.57. The van der Waals surface area contributed by atoms with Gasteiger partial charge in [-0.3, -0.25) is 10.1 Å². The third kappa shape index (κ3) is 4.34. The summed E-state index contributed by atoms with van der Waals surface area (Å²) in [6.45, 7) is -0.0748. The molecule has 0 aliphatic heterocycles. The van der Waals surface area contributed by atoms with E-state index in [1.165, 1.54) is 0 Å². The Bertz CT molecular complexity index is 644. The summed E-state index contributed by atoms with van der Waals surface area (Å²) < 4.78 is 1.05. The summed E-state index contributed by atoms with van der Waals surface area (Å²) in [5, 5.41) is 11.3. The van der Waals surface area contributed by atoms with E-state index in [-0.39, 0.29) is 13.0 Å². The van der Waals surface area contributed by atoms with Gasteiger partial charge in [0.2, 0.25) is 5.91 Å². The lowest BCUT2D eigenvalue weighted by molar-refractivity contribution is -0.119. The van der Waals surface area contributed by atoms with Crippen LogP contribution >= 0.6 is 12.8 Å². The molecule has 0 unspecified atom stereocenters. The van der Waals surface area contributed by atoms with Crippen LogP contribution in [0.4, 0.5) is 10.5 Å². The predicted octanol–water partition coefficient (Wildman–Crippen LogP) is 2.31. The third-order valence-corrected chi connectivity index (χ3v) is 3.42. The van der Waals surface area contributed by atoms with E-state index in [4.69, 9.17) is 5.11 Å². The lowest BCUT2D eigenvalue weighted by Crippen LogP contribution is -2.39. The molecule has 3 amide bonds. The van der Waals surface area contributed by atoms with E-state index in [0.717, 1.165) is 15.4 Å². The second-order valence-electron chi connectivity index (χ2n) is 4.65. The van der Waals surface area contributed by atoms with Gasteiger partial charge in [0.25, 0.3) is 0 Å². The zero-order valence-electron chi connectivity index (χ0n) is 11.8. The fourth-order valence-corrected chi connectivity index (χ4v) is 2.04. The molecule has 2 N–H and O–H groups in total. The summed E-state index contributed by atoms with van der Waals surface area (Å²) in [6.07, 6.45) is 0.123. The molecule has 2 aromatic rings. The highest BCUT2D eigenvalue weighted by atomic mass is 32.1. The van der Waals surface area contributed by atoms with E-state index < -0.39 is 11.9 Å². The molecule has 0 spiro atoms. The molecule has 2 rings (SSSR count). The SMILES string of the molecule is O=C(Cc1ccccc1)NC(=O)N(S)c1ccc(CO)cc1. The van der Waals surface area contributed by atoms with Crippen LogP contribution in [0, 0.1) is 0 Å². The largest absolute Gasteiger partial charge is 0.392 e. The first-order valence-corrected chi connectivity index (χ1v) is 7.06. The van der Waals surface area contributed by atoms with Gasteiger partial charge >= 0.3 is 6.03 Å². The maximum atomic E-state index is 12.0. The molecule has 0 saturated heterocycles. The Morgan fingerprint density at radius 2 is 1.64 bits per heavy atom. The number of carbonyl (C=O) groups excluding carboxylic acids is 2. The number of nitrogens with zero attached hydrogens (tertiary/aromatic N) is 1. The molecule has 0 saturated carbocycles. The van der Waals surface area contributed by atoms with E-state index in [9.17, 15) is 9.59 Å². The van der Waals surface area contributed by atoms with E-state index in [1.54, 1.807) is 24.3 Å². The van der Waals surface area contributed by atoms with Crippen LogP contribution in [0.25, 0.3) is 0 Å². The van der Waals surface area contributed by atoms with Crippen molar-refractivity contribution in [2.45, 2.75) is 13.0 Å². The number of aliphatic hydroxyl groups is 1. The van der Waals surface area contributed by atoms with Crippen LogP contribution in [0.1, 0.15) is 11.1 Å². The fourth-order valence-electron chi connectivity index (χ4n) is 1.86. The molecule has 0 heterocycles. The minimum Gasteiger partial charge on any atom is -0.392 e. The van der Waals surface area contributed by atoms with Crippen molar-refractivity contribution in [3.05, 3.63) is 65.7 Å². The first-order valence-electron chi connectivity index (χ1n) is 6.66. The highest BCUT2D eigenvalue weighted by Crippen LogP contribution is 2.17. The number of imide groups is 1. The van der Waals surface area contributed by atoms with Crippen LogP contribution in [0.2, 0.25) is 0 Å². The zero-order chi connectivity index (χ0) is 15.9. The van der Waals surface area contributed by atoms with Crippen LogP contribution in [-0.4, -0.2) is 17.0 Å². The topological polar surface area (TPSA) is 69.6 Å². The normalized spacial score (nSPS) is 10.1. The molecule has 0 aliphatic carbocycles. The van der Waals surface area contributed by atoms with Crippen molar-refractivity contribution in [3.8, 4) is 0 Å². The molecule has 5 nitrogen and oxygen atoms in total. The van der Waals surface area contributed by atoms with Crippen LogP contribution < -0.4 is 9.62 Å². The highest BCUT2D eigenvalue weighted by Gasteiger charge is 2.15. The van der Waals surface area contributed by atoms with E-state index in [2.05, 4.69) is 18.1 Å². The first kappa shape index (κ1) is 16.1. The predicted molar refractivity (Wildman–Crippen MR) is 87.5 cm³/mol. The highest BCUT2D eigenvalue weighted by molar-refractivity contribution is 7.82. The van der Waals surface area contributed by atoms with Crippen molar-refractivity contribution in [2.24, 2.45) is 0 Å². The van der Waals surface area contributed by atoms with Crippen LogP contribution in [0.3, 0.4) is 0 Å². The molecular formula is C16H16N2O3S. The molecule has 0 bridgehead atoms. The van der Waals surface area contributed by atoms with Crippen LogP contribution in [0.15, 0.2) is 54.6 Å². The summed E-state index contributed by atoms with van der Waals surface area (Å²) in [4.78, 5) is 23.8. The maximum Gasteiger partial charge on any atom is 0.338 e. The van der Waals surface area contributed by atoms with Crippen LogP contribution in [-0.2, 0) is 17.8 Å². The van der Waals surface area contributed by atoms with Gasteiger partial charge in [0.05, 0.1) is 18.7 Å². The Morgan fingerprint density at radius 3 is 2.23 bits per heavy atom. The van der Waals surface area contributed by atoms with Gasteiger partial charge in [0.15, 0.2) is 0 Å². The smallest absolute Gasteiger partial charge is 0.338 e. The fraction of sp³-hybridized carbons (Fsp3) is 0.125. The number of rotatable bonds is 4. The van der Waals surface area contributed by atoms with Crippen molar-refractivity contribution < 1.29 is 14.7 Å². The number of amides is 3. The summed E-state index contributed by atoms with van der Waals surface area (Å²) in [5.41, 5.74) is 2.06. The van der Waals surface area contributed by atoms with Gasteiger partial charge in [0, 0.05) is 0 Å². The monoisotopic (exact) mass is 316 g/mol. The number of carbonyl (C=O) groups is 2. The number of hydrogen-bond donors (Lipinski definition) is 3. The van der Waals surface area contributed by atoms with Crippen molar-refractivity contribution in [1.82, 2.24) is 5.32 Å². The van der Waals surface area contributed by atoms with Gasteiger partial charge in [-0.05, 0) is 23.3 Å². The maximum absolute atomic E-state index is 12.0. The van der Waals surface area contributed by atoms with Crippen molar-refractivity contribution in [2.75, 3.05) is 4.31 Å². The second kappa shape index (κ2) is 7.63. The molecule has 114 valence electrons. The van der Waals surface area contributed by atoms with Crippen molar-refractivity contribution >= 4 is 30.4 Å². The number of aliphatic hydroxyl groups excluding tert-OH is 1. The van der Waals surface area contributed by atoms with E-state index in [1.807, 2.05) is 30.3 Å². The van der Waals surface area contributed by atoms with Gasteiger partial charge < -0.3 is 5.11 Å². The number of nitrogens with one attached hydrogen (secondary N) is 1. The Hall–Kier alpha value is -2.31. The molecule has 22 heavy (non-hydrogen) atoms. The van der Waals surface area contributed by atoms with Gasteiger partial charge in [-0.25, -0.2) is 9.10 Å². The Morgan fingerprint density at radius 1 is 1.00 bits per heavy atom. The molecule has 0 radical (unpaired) electrons. The van der Waals surface area contributed by atoms with Crippen LogP contribution in [0.5, 0.6) is 0 Å². The number of benzene rings is 2. The molecule has 0 fully saturated rings. The summed E-state index contributed by atoms with van der Waals surface area (Å²) in [6, 6.07) is 15.2. The summed E-state index contributed by atoms with van der Waals surface area (Å²) in [7, 11) is 0. The third-order valence-electron chi connectivity index (χ3n) is 3.01. The lowest BCUT2D eigenvalue weighted by Gasteiger charge is -2.16. The molecular weight excluding hydrogens is 300 g/mol. The zero-order valence-corrected chi connectivity index (χ0v) is 12.7. The van der Waals surface area contributed by atoms with Crippen molar-refractivity contribution in [1.29, 1.82) is 0 Å². The van der Waals surface area contributed by atoms with Gasteiger partial charge in [0.1, 0.15) is 0 Å². The molecule has 0 aliphatic rings. The average molecular weight is 316 g/mol. The van der Waals surface area contributed by atoms with Crippen molar-refractivity contribution in [3.63, 3.8) is 0 Å². The number of thiol groups is 1. The molecule has 0 atom stereocenters. The summed E-state index contributed by atoms with van der Waals surface area (Å²) in [5.74, 6) is -0.401. The quantitative estimate of drug-likeness (QED) is 0.758.